The third-order valence-corrected chi connectivity index (χ3v) is 4.94. The molecule has 0 aliphatic heterocycles. The molecule has 0 fully saturated rings. The highest BCUT2D eigenvalue weighted by Crippen LogP contribution is 2.14. The fourth-order valence-electron chi connectivity index (χ4n) is 3.22. The average molecular weight is 424 g/mol. The zero-order valence-electron chi connectivity index (χ0n) is 18.4. The number of aliphatic hydroxyl groups excluding tert-OH is 2. The van der Waals surface area contributed by atoms with Crippen molar-refractivity contribution in [1.29, 1.82) is 0 Å². The minimum atomic E-state index is -0.655. The zero-order valence-corrected chi connectivity index (χ0v) is 18.4. The van der Waals surface area contributed by atoms with Crippen LogP contribution in [0.1, 0.15) is 45.1 Å². The highest BCUT2D eigenvalue weighted by molar-refractivity contribution is 4.96. The van der Waals surface area contributed by atoms with Crippen molar-refractivity contribution in [2.24, 2.45) is 5.92 Å². The molecule has 0 saturated heterocycles. The van der Waals surface area contributed by atoms with Crippen molar-refractivity contribution < 1.29 is 28.5 Å². The van der Waals surface area contributed by atoms with E-state index in [-0.39, 0.29) is 19.3 Å². The van der Waals surface area contributed by atoms with E-state index < -0.39 is 12.2 Å². The van der Waals surface area contributed by atoms with Gasteiger partial charge in [0.1, 0.15) is 24.7 Å². The first kappa shape index (κ1) is 24.6. The standard InChI is InChI=1S/C23H37NO6/c1-18(2)8-9-19(3)24(12-20(25)14-27-16-22-6-4-10-29-22)13-21(26)15-28-17-23-7-5-11-30-23/h4-7,10-11,18-21,25-26H,8-9,12-17H2,1-3H3/t19-,20+,21+/m1/s1. The molecule has 2 rings (SSSR count). The zero-order chi connectivity index (χ0) is 21.8. The van der Waals surface area contributed by atoms with E-state index in [1.54, 1.807) is 12.5 Å². The molecule has 3 atom stereocenters. The van der Waals surface area contributed by atoms with Gasteiger partial charge in [0.2, 0.25) is 0 Å². The molecule has 0 unspecified atom stereocenters. The molecule has 0 spiro atoms. The van der Waals surface area contributed by atoms with Crippen molar-refractivity contribution in [3.63, 3.8) is 0 Å². The van der Waals surface area contributed by atoms with Gasteiger partial charge in [-0.2, -0.15) is 0 Å². The average Bonchev–Trinajstić information content (AvgIpc) is 3.39. The van der Waals surface area contributed by atoms with Crippen LogP contribution < -0.4 is 0 Å². The van der Waals surface area contributed by atoms with E-state index in [2.05, 4.69) is 25.7 Å². The Morgan fingerprint density at radius 2 is 1.33 bits per heavy atom. The molecule has 0 amide bonds. The molecule has 30 heavy (non-hydrogen) atoms. The normalized spacial score (nSPS) is 15.0. The maximum atomic E-state index is 10.5. The van der Waals surface area contributed by atoms with Crippen molar-refractivity contribution in [1.82, 2.24) is 4.90 Å². The third kappa shape index (κ3) is 9.91. The van der Waals surface area contributed by atoms with Gasteiger partial charge in [-0.3, -0.25) is 4.90 Å². The number of hydrogen-bond acceptors (Lipinski definition) is 7. The van der Waals surface area contributed by atoms with Crippen LogP contribution in [0.2, 0.25) is 0 Å². The lowest BCUT2D eigenvalue weighted by Gasteiger charge is -2.33. The largest absolute Gasteiger partial charge is 0.467 e. The van der Waals surface area contributed by atoms with Crippen LogP contribution in [0.15, 0.2) is 45.6 Å². The van der Waals surface area contributed by atoms with Gasteiger partial charge in [-0.25, -0.2) is 0 Å². The van der Waals surface area contributed by atoms with E-state index >= 15 is 0 Å². The molecule has 2 N–H and O–H groups in total. The van der Waals surface area contributed by atoms with Crippen LogP contribution in [0.4, 0.5) is 0 Å². The highest BCUT2D eigenvalue weighted by atomic mass is 16.5. The lowest BCUT2D eigenvalue weighted by Crippen LogP contribution is -2.45. The predicted molar refractivity (Wildman–Crippen MR) is 114 cm³/mol. The summed E-state index contributed by atoms with van der Waals surface area (Å²) in [5, 5.41) is 20.9. The third-order valence-electron chi connectivity index (χ3n) is 4.94. The van der Waals surface area contributed by atoms with Crippen LogP contribution >= 0.6 is 0 Å². The summed E-state index contributed by atoms with van der Waals surface area (Å²) < 4.78 is 21.6. The van der Waals surface area contributed by atoms with E-state index in [1.165, 1.54) is 0 Å². The lowest BCUT2D eigenvalue weighted by atomic mass is 10.0. The molecule has 2 heterocycles. The van der Waals surface area contributed by atoms with Crippen LogP contribution in [0, 0.1) is 5.92 Å². The van der Waals surface area contributed by atoms with E-state index in [1.807, 2.05) is 24.3 Å². The Morgan fingerprint density at radius 1 is 0.833 bits per heavy atom. The number of ether oxygens (including phenoxy) is 2. The van der Waals surface area contributed by atoms with Crippen LogP contribution in [-0.4, -0.2) is 59.7 Å². The number of aliphatic hydroxyl groups is 2. The molecule has 7 heteroatoms. The summed E-state index contributed by atoms with van der Waals surface area (Å²) in [6, 6.07) is 7.52. The molecule has 0 saturated carbocycles. The van der Waals surface area contributed by atoms with Gasteiger partial charge < -0.3 is 28.5 Å². The molecule has 0 aromatic carbocycles. The van der Waals surface area contributed by atoms with Gasteiger partial charge in [0.15, 0.2) is 0 Å². The second kappa shape index (κ2) is 13.6. The molecule has 0 aliphatic carbocycles. The van der Waals surface area contributed by atoms with Gasteiger partial charge in [0.25, 0.3) is 0 Å². The maximum Gasteiger partial charge on any atom is 0.129 e. The second-order valence-corrected chi connectivity index (χ2v) is 8.27. The van der Waals surface area contributed by atoms with E-state index in [0.717, 1.165) is 24.4 Å². The first-order valence-electron chi connectivity index (χ1n) is 10.7. The molecule has 0 aliphatic rings. The Bertz CT molecular complexity index is 594. The lowest BCUT2D eigenvalue weighted by molar-refractivity contribution is -0.0287. The summed E-state index contributed by atoms with van der Waals surface area (Å²) in [7, 11) is 0. The maximum absolute atomic E-state index is 10.5. The van der Waals surface area contributed by atoms with Crippen molar-refractivity contribution in [2.45, 2.75) is 65.1 Å². The minimum Gasteiger partial charge on any atom is -0.467 e. The molecule has 0 bridgehead atoms. The summed E-state index contributed by atoms with van der Waals surface area (Å²) in [4.78, 5) is 2.12. The first-order valence-corrected chi connectivity index (χ1v) is 10.7. The van der Waals surface area contributed by atoms with Crippen LogP contribution in [0.5, 0.6) is 0 Å². The van der Waals surface area contributed by atoms with Crippen LogP contribution in [-0.2, 0) is 22.7 Å². The predicted octanol–water partition coefficient (Wildman–Crippen LogP) is 3.45. The molecular formula is C23H37NO6. The van der Waals surface area contributed by atoms with E-state index in [9.17, 15) is 10.2 Å². The van der Waals surface area contributed by atoms with Crippen molar-refractivity contribution in [3.8, 4) is 0 Å². The summed E-state index contributed by atoms with van der Waals surface area (Å²) in [6.07, 6.45) is 3.98. The van der Waals surface area contributed by atoms with E-state index in [4.69, 9.17) is 18.3 Å². The van der Waals surface area contributed by atoms with Gasteiger partial charge >= 0.3 is 0 Å². The number of hydrogen-bond donors (Lipinski definition) is 2. The van der Waals surface area contributed by atoms with Crippen molar-refractivity contribution in [3.05, 3.63) is 48.3 Å². The van der Waals surface area contributed by atoms with Gasteiger partial charge in [-0.15, -0.1) is 0 Å². The minimum absolute atomic E-state index is 0.208. The Morgan fingerprint density at radius 3 is 1.73 bits per heavy atom. The molecule has 0 radical (unpaired) electrons. The molecule has 2 aromatic heterocycles. The Balaban J connectivity index is 1.78. The summed E-state index contributed by atoms with van der Waals surface area (Å²) in [6.45, 7) is 8.46. The monoisotopic (exact) mass is 423 g/mol. The number of rotatable bonds is 16. The second-order valence-electron chi connectivity index (χ2n) is 8.27. The molecule has 7 nitrogen and oxygen atoms in total. The van der Waals surface area contributed by atoms with Gasteiger partial charge in [0, 0.05) is 19.1 Å². The smallest absolute Gasteiger partial charge is 0.129 e. The molecule has 2 aromatic rings. The summed E-state index contributed by atoms with van der Waals surface area (Å²) >= 11 is 0. The number of nitrogens with zero attached hydrogens (tertiary/aromatic N) is 1. The van der Waals surface area contributed by atoms with Gasteiger partial charge in [-0.05, 0) is 49.9 Å². The summed E-state index contributed by atoms with van der Waals surface area (Å²) in [5.41, 5.74) is 0. The summed E-state index contributed by atoms with van der Waals surface area (Å²) in [5.74, 6) is 2.07. The first-order chi connectivity index (χ1) is 14.4. The Labute approximate surface area is 179 Å². The fraction of sp³-hybridized carbons (Fsp3) is 0.652. The molecule has 170 valence electrons. The van der Waals surface area contributed by atoms with Gasteiger partial charge in [0.05, 0.1) is 37.9 Å². The van der Waals surface area contributed by atoms with Gasteiger partial charge in [-0.1, -0.05) is 13.8 Å². The quantitative estimate of drug-likeness (QED) is 0.427. The SMILES string of the molecule is CC(C)CC[C@@H](C)N(C[C@H](O)COCc1ccco1)C[C@H](O)COCc1ccco1. The van der Waals surface area contributed by atoms with Crippen LogP contribution in [0.25, 0.3) is 0 Å². The topological polar surface area (TPSA) is 88.4 Å². The Kier molecular flexibility index (Phi) is 11.2. The van der Waals surface area contributed by atoms with Crippen LogP contribution in [0.3, 0.4) is 0 Å². The van der Waals surface area contributed by atoms with Crippen molar-refractivity contribution in [2.75, 3.05) is 26.3 Å². The fourth-order valence-corrected chi connectivity index (χ4v) is 3.22. The molecular weight excluding hydrogens is 386 g/mol. The highest BCUT2D eigenvalue weighted by Gasteiger charge is 2.21. The number of furan rings is 2. The van der Waals surface area contributed by atoms with E-state index in [0.29, 0.717) is 32.2 Å². The van der Waals surface area contributed by atoms with Crippen molar-refractivity contribution >= 4 is 0 Å². The Hall–Kier alpha value is -1.64.